The summed E-state index contributed by atoms with van der Waals surface area (Å²) in [5.41, 5.74) is 4.62. The van der Waals surface area contributed by atoms with Gasteiger partial charge in [-0.25, -0.2) is 9.18 Å². The number of carbonyl (C=O) groups is 2. The Kier molecular flexibility index (Phi) is 5.43. The predicted molar refractivity (Wildman–Crippen MR) is 107 cm³/mol. The van der Waals surface area contributed by atoms with Gasteiger partial charge in [0.15, 0.2) is 0 Å². The molecule has 0 radical (unpaired) electrons. The molecule has 2 N–H and O–H groups in total. The number of hydrogen-bond acceptors (Lipinski definition) is 4. The van der Waals surface area contributed by atoms with Gasteiger partial charge in [0, 0.05) is 5.92 Å². The van der Waals surface area contributed by atoms with Crippen LogP contribution < -0.4 is 5.32 Å². The van der Waals surface area contributed by atoms with E-state index >= 15 is 0 Å². The van der Waals surface area contributed by atoms with Crippen molar-refractivity contribution in [3.8, 4) is 11.1 Å². The molecule has 2 aromatic carbocycles. The van der Waals surface area contributed by atoms with Crippen molar-refractivity contribution in [2.75, 3.05) is 6.61 Å². The molecule has 0 spiro atoms. The molecular formula is C23H19FN2O4. The van der Waals surface area contributed by atoms with Crippen LogP contribution in [0.4, 0.5) is 9.18 Å². The summed E-state index contributed by atoms with van der Waals surface area (Å²) in [7, 11) is 0. The van der Waals surface area contributed by atoms with E-state index in [-0.39, 0.29) is 18.2 Å². The van der Waals surface area contributed by atoms with Crippen LogP contribution in [0, 0.1) is 5.82 Å². The second-order valence-corrected chi connectivity index (χ2v) is 7.02. The SMILES string of the molecule is O=C(O)C[C@@H](NC(=O)OCC1c2ccccc2-c2ccccc21)c1ccc(F)cn1. The van der Waals surface area contributed by atoms with Crippen LogP contribution in [-0.2, 0) is 9.53 Å². The van der Waals surface area contributed by atoms with Gasteiger partial charge in [-0.05, 0) is 34.4 Å². The number of alkyl carbamates (subject to hydrolysis) is 1. The van der Waals surface area contributed by atoms with Crippen molar-refractivity contribution >= 4 is 12.1 Å². The summed E-state index contributed by atoms with van der Waals surface area (Å²) in [6.45, 7) is 0.108. The van der Waals surface area contributed by atoms with Gasteiger partial charge in [0.25, 0.3) is 0 Å². The predicted octanol–water partition coefficient (Wildman–Crippen LogP) is 4.28. The number of carboxylic acid groups (broad SMARTS) is 1. The number of ether oxygens (including phenoxy) is 1. The van der Waals surface area contributed by atoms with E-state index in [0.29, 0.717) is 0 Å². The van der Waals surface area contributed by atoms with Crippen molar-refractivity contribution in [1.29, 1.82) is 0 Å². The first kappa shape index (κ1) is 19.6. The highest BCUT2D eigenvalue weighted by molar-refractivity contribution is 5.79. The smallest absolute Gasteiger partial charge is 0.407 e. The number of fused-ring (bicyclic) bond motifs is 3. The maximum Gasteiger partial charge on any atom is 0.407 e. The van der Waals surface area contributed by atoms with Crippen LogP contribution in [0.2, 0.25) is 0 Å². The molecule has 4 rings (SSSR count). The highest BCUT2D eigenvalue weighted by Gasteiger charge is 2.29. The molecule has 7 heteroatoms. The number of pyridine rings is 1. The van der Waals surface area contributed by atoms with Gasteiger partial charge in [0.05, 0.1) is 24.4 Å². The van der Waals surface area contributed by atoms with Crippen molar-refractivity contribution in [1.82, 2.24) is 10.3 Å². The first-order valence-corrected chi connectivity index (χ1v) is 9.47. The zero-order valence-electron chi connectivity index (χ0n) is 15.9. The normalized spacial score (nSPS) is 13.2. The van der Waals surface area contributed by atoms with Crippen LogP contribution >= 0.6 is 0 Å². The van der Waals surface area contributed by atoms with Crippen LogP contribution in [0.1, 0.15) is 35.2 Å². The first-order valence-electron chi connectivity index (χ1n) is 9.47. The Balaban J connectivity index is 1.47. The summed E-state index contributed by atoms with van der Waals surface area (Å²) in [6, 6.07) is 17.5. The molecule has 6 nitrogen and oxygen atoms in total. The second kappa shape index (κ2) is 8.32. The molecule has 0 fully saturated rings. The minimum Gasteiger partial charge on any atom is -0.481 e. The topological polar surface area (TPSA) is 88.5 Å². The van der Waals surface area contributed by atoms with E-state index in [9.17, 15) is 14.0 Å². The standard InChI is InChI=1S/C23H19FN2O4/c24-14-9-10-20(25-12-14)21(11-22(27)28)26-23(29)30-13-19-17-7-3-1-5-15(17)16-6-2-4-8-18(16)19/h1-10,12,19,21H,11,13H2,(H,26,29)(H,27,28)/t21-/m1/s1. The summed E-state index contributed by atoms with van der Waals surface area (Å²) in [6.07, 6.45) is -0.180. The van der Waals surface area contributed by atoms with Gasteiger partial charge < -0.3 is 15.2 Å². The third kappa shape index (κ3) is 4.00. The first-order chi connectivity index (χ1) is 14.5. The van der Waals surface area contributed by atoms with E-state index in [0.717, 1.165) is 34.5 Å². The maximum atomic E-state index is 13.1. The molecule has 30 heavy (non-hydrogen) atoms. The van der Waals surface area contributed by atoms with Gasteiger partial charge in [-0.2, -0.15) is 0 Å². The van der Waals surface area contributed by atoms with Gasteiger partial charge >= 0.3 is 12.1 Å². The molecule has 1 amide bonds. The lowest BCUT2D eigenvalue weighted by atomic mass is 9.98. The summed E-state index contributed by atoms with van der Waals surface area (Å²) >= 11 is 0. The quantitative estimate of drug-likeness (QED) is 0.638. The number of hydrogen-bond donors (Lipinski definition) is 2. The summed E-state index contributed by atoms with van der Waals surface area (Å²) in [5, 5.41) is 11.7. The molecule has 0 saturated carbocycles. The van der Waals surface area contributed by atoms with Crippen LogP contribution in [0.5, 0.6) is 0 Å². The average molecular weight is 406 g/mol. The Labute approximate surface area is 172 Å². The number of carbonyl (C=O) groups excluding carboxylic acids is 1. The van der Waals surface area contributed by atoms with E-state index in [4.69, 9.17) is 9.84 Å². The average Bonchev–Trinajstić information content (AvgIpc) is 3.06. The van der Waals surface area contributed by atoms with E-state index < -0.39 is 30.3 Å². The summed E-state index contributed by atoms with van der Waals surface area (Å²) in [4.78, 5) is 27.5. The monoisotopic (exact) mass is 406 g/mol. The minimum absolute atomic E-state index is 0.106. The fourth-order valence-corrected chi connectivity index (χ4v) is 3.78. The van der Waals surface area contributed by atoms with Crippen LogP contribution in [0.25, 0.3) is 11.1 Å². The van der Waals surface area contributed by atoms with E-state index in [1.807, 2.05) is 48.5 Å². The molecule has 3 aromatic rings. The Hall–Kier alpha value is -3.74. The van der Waals surface area contributed by atoms with Crippen molar-refractivity contribution in [3.05, 3.63) is 89.5 Å². The van der Waals surface area contributed by atoms with E-state index in [1.54, 1.807) is 0 Å². The molecule has 0 bridgehead atoms. The van der Waals surface area contributed by atoms with Crippen molar-refractivity contribution in [2.24, 2.45) is 0 Å². The minimum atomic E-state index is -1.12. The number of carboxylic acids is 1. The molecule has 0 unspecified atom stereocenters. The number of amides is 1. The number of aromatic nitrogens is 1. The number of nitrogens with zero attached hydrogens (tertiary/aromatic N) is 1. The molecule has 1 heterocycles. The van der Waals surface area contributed by atoms with Crippen molar-refractivity contribution in [2.45, 2.75) is 18.4 Å². The van der Waals surface area contributed by atoms with E-state index in [2.05, 4.69) is 10.3 Å². The number of aliphatic carboxylic acids is 1. The lowest BCUT2D eigenvalue weighted by Gasteiger charge is -2.18. The molecule has 152 valence electrons. The van der Waals surface area contributed by atoms with Crippen LogP contribution in [0.3, 0.4) is 0 Å². The summed E-state index contributed by atoms with van der Waals surface area (Å²) < 4.78 is 18.6. The van der Waals surface area contributed by atoms with Gasteiger partial charge in [0.2, 0.25) is 0 Å². The van der Waals surface area contributed by atoms with Crippen molar-refractivity contribution < 1.29 is 23.8 Å². The molecule has 0 saturated heterocycles. The molecule has 1 aliphatic rings. The lowest BCUT2D eigenvalue weighted by Crippen LogP contribution is -2.32. The Morgan fingerprint density at radius 1 is 1.03 bits per heavy atom. The fraction of sp³-hybridized carbons (Fsp3) is 0.174. The number of nitrogens with one attached hydrogen (secondary N) is 1. The zero-order chi connectivity index (χ0) is 21.1. The van der Waals surface area contributed by atoms with Gasteiger partial charge in [-0.1, -0.05) is 48.5 Å². The van der Waals surface area contributed by atoms with Gasteiger partial charge in [-0.15, -0.1) is 0 Å². The number of rotatable bonds is 6. The number of halogens is 1. The summed E-state index contributed by atoms with van der Waals surface area (Å²) in [5.74, 6) is -1.77. The van der Waals surface area contributed by atoms with E-state index in [1.165, 1.54) is 6.07 Å². The Morgan fingerprint density at radius 3 is 2.23 bits per heavy atom. The van der Waals surface area contributed by atoms with Crippen molar-refractivity contribution in [3.63, 3.8) is 0 Å². The molecule has 0 aliphatic heterocycles. The third-order valence-electron chi connectivity index (χ3n) is 5.12. The Bertz CT molecular complexity index is 1040. The number of benzene rings is 2. The second-order valence-electron chi connectivity index (χ2n) is 7.02. The fourth-order valence-electron chi connectivity index (χ4n) is 3.78. The largest absolute Gasteiger partial charge is 0.481 e. The lowest BCUT2D eigenvalue weighted by molar-refractivity contribution is -0.137. The molecule has 1 atom stereocenters. The highest BCUT2D eigenvalue weighted by atomic mass is 19.1. The third-order valence-corrected chi connectivity index (χ3v) is 5.12. The van der Waals surface area contributed by atoms with Crippen LogP contribution in [-0.4, -0.2) is 28.8 Å². The van der Waals surface area contributed by atoms with Gasteiger partial charge in [-0.3, -0.25) is 9.78 Å². The van der Waals surface area contributed by atoms with Gasteiger partial charge in [0.1, 0.15) is 12.4 Å². The van der Waals surface area contributed by atoms with Crippen LogP contribution in [0.15, 0.2) is 66.9 Å². The molecule has 1 aliphatic carbocycles. The zero-order valence-corrected chi connectivity index (χ0v) is 15.9. The molecular weight excluding hydrogens is 387 g/mol. The Morgan fingerprint density at radius 2 is 1.67 bits per heavy atom. The highest BCUT2D eigenvalue weighted by Crippen LogP contribution is 2.44. The maximum absolute atomic E-state index is 13.1. The molecule has 1 aromatic heterocycles.